The molecule has 2 heterocycles. The van der Waals surface area contributed by atoms with Crippen molar-refractivity contribution in [3.8, 4) is 11.8 Å². The average molecular weight is 260 g/mol. The van der Waals surface area contributed by atoms with Gasteiger partial charge in [0.05, 0.1) is 18.0 Å². The second-order valence-corrected chi connectivity index (χ2v) is 5.03. The molecule has 0 aliphatic heterocycles. The van der Waals surface area contributed by atoms with Crippen LogP contribution in [0.4, 0.5) is 0 Å². The molecule has 1 N–H and O–H groups in total. The first-order valence-electron chi connectivity index (χ1n) is 6.02. The highest BCUT2D eigenvalue weighted by atomic mass is 32.1. The van der Waals surface area contributed by atoms with Crippen molar-refractivity contribution >= 4 is 11.3 Å². The largest absolute Gasteiger partial charge is 0.395 e. The van der Waals surface area contributed by atoms with Crippen LogP contribution in [-0.4, -0.2) is 21.3 Å². The standard InChI is InChI=1S/C14H16N2OS/c1-2-14-15-8-9-16(14)11-13-7-6-12(18-13)5-3-4-10-17/h6-9,17H,2,4,10-11H2,1H3. The monoisotopic (exact) mass is 260 g/mol. The van der Waals surface area contributed by atoms with Crippen LogP contribution in [0.25, 0.3) is 0 Å². The van der Waals surface area contributed by atoms with Gasteiger partial charge in [-0.1, -0.05) is 18.8 Å². The third-order valence-electron chi connectivity index (χ3n) is 2.55. The molecule has 94 valence electrons. The Labute approximate surface area is 111 Å². The second kappa shape index (κ2) is 6.39. The van der Waals surface area contributed by atoms with Crippen LogP contribution in [-0.2, 0) is 13.0 Å². The van der Waals surface area contributed by atoms with E-state index in [0.717, 1.165) is 23.7 Å². The maximum atomic E-state index is 8.67. The minimum atomic E-state index is 0.125. The highest BCUT2D eigenvalue weighted by Gasteiger charge is 2.03. The third-order valence-corrected chi connectivity index (χ3v) is 3.54. The van der Waals surface area contributed by atoms with Crippen molar-refractivity contribution in [1.82, 2.24) is 9.55 Å². The van der Waals surface area contributed by atoms with Gasteiger partial charge in [-0.15, -0.1) is 11.3 Å². The van der Waals surface area contributed by atoms with E-state index < -0.39 is 0 Å². The summed E-state index contributed by atoms with van der Waals surface area (Å²) in [5.41, 5.74) is 0. The SMILES string of the molecule is CCc1nccn1Cc1ccc(C#CCCO)s1. The van der Waals surface area contributed by atoms with Gasteiger partial charge < -0.3 is 9.67 Å². The number of aliphatic hydroxyl groups excluding tert-OH is 1. The Bertz CT molecular complexity index is 560. The van der Waals surface area contributed by atoms with Crippen molar-refractivity contribution < 1.29 is 5.11 Å². The van der Waals surface area contributed by atoms with E-state index in [-0.39, 0.29) is 6.61 Å². The van der Waals surface area contributed by atoms with Gasteiger partial charge >= 0.3 is 0 Å². The van der Waals surface area contributed by atoms with Crippen molar-refractivity contribution in [2.75, 3.05) is 6.61 Å². The summed E-state index contributed by atoms with van der Waals surface area (Å²) >= 11 is 1.70. The van der Waals surface area contributed by atoms with Gasteiger partial charge in [-0.05, 0) is 12.1 Å². The minimum absolute atomic E-state index is 0.125. The van der Waals surface area contributed by atoms with E-state index >= 15 is 0 Å². The average Bonchev–Trinajstić information content (AvgIpc) is 2.99. The predicted octanol–water partition coefficient (Wildman–Crippen LogP) is 2.29. The Hall–Kier alpha value is -1.57. The van der Waals surface area contributed by atoms with Crippen LogP contribution in [0, 0.1) is 11.8 Å². The first kappa shape index (κ1) is 12.9. The van der Waals surface area contributed by atoms with Crippen LogP contribution in [0.2, 0.25) is 0 Å². The molecule has 0 amide bonds. The number of hydrogen-bond acceptors (Lipinski definition) is 3. The Morgan fingerprint density at radius 2 is 2.33 bits per heavy atom. The van der Waals surface area contributed by atoms with Gasteiger partial charge in [-0.25, -0.2) is 4.98 Å². The quantitative estimate of drug-likeness (QED) is 0.857. The summed E-state index contributed by atoms with van der Waals surface area (Å²) in [6, 6.07) is 4.14. The van der Waals surface area contributed by atoms with Crippen molar-refractivity contribution in [2.45, 2.75) is 26.3 Å². The summed E-state index contributed by atoms with van der Waals surface area (Å²) in [5, 5.41) is 8.67. The molecule has 0 spiro atoms. The molecule has 2 rings (SSSR count). The lowest BCUT2D eigenvalue weighted by atomic mass is 10.4. The Balaban J connectivity index is 2.05. The zero-order valence-corrected chi connectivity index (χ0v) is 11.2. The van der Waals surface area contributed by atoms with Gasteiger partial charge in [0.1, 0.15) is 5.82 Å². The minimum Gasteiger partial charge on any atom is -0.395 e. The number of hydrogen-bond donors (Lipinski definition) is 1. The van der Waals surface area contributed by atoms with Crippen LogP contribution >= 0.6 is 11.3 Å². The van der Waals surface area contributed by atoms with Gasteiger partial charge in [0.2, 0.25) is 0 Å². The van der Waals surface area contributed by atoms with Crippen molar-refractivity contribution in [3.63, 3.8) is 0 Å². The van der Waals surface area contributed by atoms with Crippen LogP contribution in [0.5, 0.6) is 0 Å². The number of thiophene rings is 1. The topological polar surface area (TPSA) is 38.0 Å². The molecule has 0 fully saturated rings. The molecule has 0 aromatic carbocycles. The fourth-order valence-corrected chi connectivity index (χ4v) is 2.58. The van der Waals surface area contributed by atoms with Crippen molar-refractivity contribution in [1.29, 1.82) is 0 Å². The molecule has 3 nitrogen and oxygen atoms in total. The van der Waals surface area contributed by atoms with E-state index in [9.17, 15) is 0 Å². The van der Waals surface area contributed by atoms with Gasteiger partial charge in [0, 0.05) is 30.1 Å². The van der Waals surface area contributed by atoms with Gasteiger partial charge in [-0.3, -0.25) is 0 Å². The Morgan fingerprint density at radius 1 is 1.44 bits per heavy atom. The van der Waals surface area contributed by atoms with Gasteiger partial charge in [0.15, 0.2) is 0 Å². The van der Waals surface area contributed by atoms with Crippen LogP contribution < -0.4 is 0 Å². The summed E-state index contributed by atoms with van der Waals surface area (Å²) in [7, 11) is 0. The first-order valence-corrected chi connectivity index (χ1v) is 6.83. The summed E-state index contributed by atoms with van der Waals surface area (Å²) in [6.45, 7) is 3.09. The first-order chi connectivity index (χ1) is 8.83. The Kier molecular flexibility index (Phi) is 4.57. The molecule has 0 radical (unpaired) electrons. The highest BCUT2D eigenvalue weighted by molar-refractivity contribution is 7.12. The molecule has 18 heavy (non-hydrogen) atoms. The number of imidazole rings is 1. The smallest absolute Gasteiger partial charge is 0.108 e. The summed E-state index contributed by atoms with van der Waals surface area (Å²) in [5.74, 6) is 7.10. The second-order valence-electron chi connectivity index (χ2n) is 3.87. The molecule has 0 unspecified atom stereocenters. The zero-order chi connectivity index (χ0) is 12.8. The molecule has 0 aliphatic carbocycles. The number of nitrogens with zero attached hydrogens (tertiary/aromatic N) is 2. The third kappa shape index (κ3) is 3.22. The normalized spacial score (nSPS) is 10.1. The van der Waals surface area contributed by atoms with Gasteiger partial charge in [-0.2, -0.15) is 0 Å². The molecule has 0 bridgehead atoms. The molecular formula is C14H16N2OS. The maximum Gasteiger partial charge on any atom is 0.108 e. The maximum absolute atomic E-state index is 8.67. The lowest BCUT2D eigenvalue weighted by Crippen LogP contribution is -2.01. The Morgan fingerprint density at radius 3 is 3.11 bits per heavy atom. The number of aromatic nitrogens is 2. The molecule has 0 saturated heterocycles. The van der Waals surface area contributed by atoms with E-state index in [4.69, 9.17) is 5.11 Å². The van der Waals surface area contributed by atoms with E-state index in [1.165, 1.54) is 4.88 Å². The van der Waals surface area contributed by atoms with Crippen LogP contribution in [0.15, 0.2) is 24.5 Å². The molecule has 2 aromatic rings. The van der Waals surface area contributed by atoms with Crippen molar-refractivity contribution in [2.24, 2.45) is 0 Å². The van der Waals surface area contributed by atoms with Crippen LogP contribution in [0.1, 0.15) is 28.9 Å². The number of rotatable bonds is 4. The van der Waals surface area contributed by atoms with Crippen LogP contribution in [0.3, 0.4) is 0 Å². The summed E-state index contributed by atoms with van der Waals surface area (Å²) in [6.07, 6.45) is 5.33. The van der Waals surface area contributed by atoms with Crippen molar-refractivity contribution in [3.05, 3.63) is 40.1 Å². The van der Waals surface area contributed by atoms with E-state index in [2.05, 4.69) is 34.4 Å². The molecule has 2 aromatic heterocycles. The van der Waals surface area contributed by atoms with E-state index in [0.29, 0.717) is 6.42 Å². The van der Waals surface area contributed by atoms with Gasteiger partial charge in [0.25, 0.3) is 0 Å². The lowest BCUT2D eigenvalue weighted by molar-refractivity contribution is 0.305. The summed E-state index contributed by atoms with van der Waals surface area (Å²) < 4.78 is 2.16. The summed E-state index contributed by atoms with van der Waals surface area (Å²) in [4.78, 5) is 6.64. The highest BCUT2D eigenvalue weighted by Crippen LogP contribution is 2.17. The van der Waals surface area contributed by atoms with E-state index in [1.54, 1.807) is 11.3 Å². The molecule has 0 atom stereocenters. The number of aryl methyl sites for hydroxylation is 1. The fraction of sp³-hybridized carbons (Fsp3) is 0.357. The molecule has 4 heteroatoms. The lowest BCUT2D eigenvalue weighted by Gasteiger charge is -2.03. The fourth-order valence-electron chi connectivity index (χ4n) is 1.70. The van der Waals surface area contributed by atoms with E-state index in [1.807, 2.05) is 18.5 Å². The molecule has 0 aliphatic rings. The predicted molar refractivity (Wildman–Crippen MR) is 73.6 cm³/mol. The molecular weight excluding hydrogens is 244 g/mol. The number of aliphatic hydroxyl groups is 1. The molecule has 0 saturated carbocycles. The zero-order valence-electron chi connectivity index (χ0n) is 10.4.